The van der Waals surface area contributed by atoms with Gasteiger partial charge in [0, 0.05) is 12.1 Å². The average molecular weight is 258 g/mol. The van der Waals surface area contributed by atoms with Crippen LogP contribution in [0.3, 0.4) is 0 Å². The maximum Gasteiger partial charge on any atom is 0.134 e. The van der Waals surface area contributed by atoms with Crippen LogP contribution in [0.25, 0.3) is 0 Å². The number of hydrogen-bond acceptors (Lipinski definition) is 2. The van der Waals surface area contributed by atoms with Gasteiger partial charge in [-0.2, -0.15) is 0 Å². The van der Waals surface area contributed by atoms with Crippen LogP contribution in [-0.4, -0.2) is 12.2 Å². The van der Waals surface area contributed by atoms with Gasteiger partial charge in [0.05, 0.1) is 4.47 Å². The Kier molecular flexibility index (Phi) is 3.96. The van der Waals surface area contributed by atoms with Crippen LogP contribution < -0.4 is 5.32 Å². The average Bonchev–Trinajstić information content (AvgIpc) is 2.12. The molecule has 1 rings (SSSR count). The van der Waals surface area contributed by atoms with Crippen LogP contribution in [0, 0.1) is 0 Å². The number of phenolic OH excluding ortho intramolecular Hbond substituents is 1. The molecule has 0 aliphatic carbocycles. The van der Waals surface area contributed by atoms with Crippen LogP contribution in [0.15, 0.2) is 16.6 Å². The van der Waals surface area contributed by atoms with Gasteiger partial charge in [0.1, 0.15) is 5.75 Å². The molecule has 0 aliphatic heterocycles. The van der Waals surface area contributed by atoms with Crippen molar-refractivity contribution in [1.82, 2.24) is 5.32 Å². The summed E-state index contributed by atoms with van der Waals surface area (Å²) in [5, 5.41) is 12.8. The van der Waals surface area contributed by atoms with Crippen molar-refractivity contribution in [1.29, 1.82) is 0 Å². The summed E-state index contributed by atoms with van der Waals surface area (Å²) < 4.78 is 0.772. The highest BCUT2D eigenvalue weighted by Gasteiger charge is 2.09. The van der Waals surface area contributed by atoms with Crippen LogP contribution in [0.2, 0.25) is 0 Å². The van der Waals surface area contributed by atoms with Crippen molar-refractivity contribution in [3.05, 3.63) is 27.7 Å². The Labute approximate surface area is 93.5 Å². The maximum atomic E-state index is 9.75. The SMILES string of the molecule is CNCc1cc(C(C)C)cc(Br)c1O. The smallest absolute Gasteiger partial charge is 0.134 e. The number of rotatable bonds is 3. The molecule has 0 unspecified atom stereocenters. The molecule has 0 saturated heterocycles. The molecule has 2 N–H and O–H groups in total. The second-order valence-electron chi connectivity index (χ2n) is 3.70. The van der Waals surface area contributed by atoms with Crippen molar-refractivity contribution in [3.63, 3.8) is 0 Å². The Morgan fingerprint density at radius 1 is 1.43 bits per heavy atom. The number of halogens is 1. The van der Waals surface area contributed by atoms with E-state index in [0.717, 1.165) is 10.0 Å². The molecule has 0 saturated carbocycles. The standard InChI is InChI=1S/C11H16BrNO/c1-7(2)8-4-9(6-13-3)11(14)10(12)5-8/h4-5,7,13-14H,6H2,1-3H3. The van der Waals surface area contributed by atoms with Gasteiger partial charge in [-0.25, -0.2) is 0 Å². The van der Waals surface area contributed by atoms with Gasteiger partial charge in [-0.1, -0.05) is 19.9 Å². The summed E-state index contributed by atoms with van der Waals surface area (Å²) in [6, 6.07) is 4.01. The fourth-order valence-electron chi connectivity index (χ4n) is 1.34. The van der Waals surface area contributed by atoms with E-state index in [4.69, 9.17) is 0 Å². The second kappa shape index (κ2) is 4.80. The van der Waals surface area contributed by atoms with Gasteiger partial charge in [-0.05, 0) is 40.5 Å². The molecule has 1 aromatic rings. The van der Waals surface area contributed by atoms with Crippen molar-refractivity contribution >= 4 is 15.9 Å². The quantitative estimate of drug-likeness (QED) is 0.873. The molecule has 14 heavy (non-hydrogen) atoms. The van der Waals surface area contributed by atoms with Crippen LogP contribution in [0.5, 0.6) is 5.75 Å². The summed E-state index contributed by atoms with van der Waals surface area (Å²) in [5.41, 5.74) is 2.17. The third-order valence-electron chi connectivity index (χ3n) is 2.20. The van der Waals surface area contributed by atoms with Crippen LogP contribution in [0.1, 0.15) is 30.9 Å². The van der Waals surface area contributed by atoms with Crippen LogP contribution >= 0.6 is 15.9 Å². The van der Waals surface area contributed by atoms with Crippen molar-refractivity contribution in [2.45, 2.75) is 26.3 Å². The normalized spacial score (nSPS) is 10.9. The molecule has 0 atom stereocenters. The summed E-state index contributed by atoms with van der Waals surface area (Å²) in [6.45, 7) is 4.97. The molecule has 0 aliphatic rings. The van der Waals surface area contributed by atoms with E-state index in [0.29, 0.717) is 18.2 Å². The van der Waals surface area contributed by atoms with Crippen LogP contribution in [0.4, 0.5) is 0 Å². The highest BCUT2D eigenvalue weighted by atomic mass is 79.9. The number of aromatic hydroxyl groups is 1. The zero-order valence-corrected chi connectivity index (χ0v) is 10.4. The molecule has 0 amide bonds. The summed E-state index contributed by atoms with van der Waals surface area (Å²) in [7, 11) is 1.87. The van der Waals surface area contributed by atoms with E-state index in [2.05, 4.69) is 35.1 Å². The lowest BCUT2D eigenvalue weighted by atomic mass is 10.0. The van der Waals surface area contributed by atoms with E-state index in [1.165, 1.54) is 5.56 Å². The Morgan fingerprint density at radius 2 is 2.07 bits per heavy atom. The van der Waals surface area contributed by atoms with E-state index in [-0.39, 0.29) is 0 Å². The third kappa shape index (κ3) is 2.49. The van der Waals surface area contributed by atoms with Gasteiger partial charge < -0.3 is 10.4 Å². The first-order chi connectivity index (χ1) is 6.56. The molecule has 1 aromatic carbocycles. The van der Waals surface area contributed by atoms with Crippen molar-refractivity contribution in [2.24, 2.45) is 0 Å². The first-order valence-corrected chi connectivity index (χ1v) is 5.51. The molecule has 0 bridgehead atoms. The lowest BCUT2D eigenvalue weighted by Crippen LogP contribution is -2.06. The third-order valence-corrected chi connectivity index (χ3v) is 2.80. The van der Waals surface area contributed by atoms with Gasteiger partial charge in [0.15, 0.2) is 0 Å². The Hall–Kier alpha value is -0.540. The van der Waals surface area contributed by atoms with E-state index < -0.39 is 0 Å². The van der Waals surface area contributed by atoms with E-state index >= 15 is 0 Å². The summed E-state index contributed by atoms with van der Waals surface area (Å²) in [4.78, 5) is 0. The maximum absolute atomic E-state index is 9.75. The predicted octanol–water partition coefficient (Wildman–Crippen LogP) is 3.00. The fraction of sp³-hybridized carbons (Fsp3) is 0.455. The van der Waals surface area contributed by atoms with Gasteiger partial charge in [0.2, 0.25) is 0 Å². The van der Waals surface area contributed by atoms with Crippen molar-refractivity contribution in [2.75, 3.05) is 7.05 Å². The minimum atomic E-state index is 0.337. The van der Waals surface area contributed by atoms with Crippen molar-refractivity contribution < 1.29 is 5.11 Å². The molecule has 3 heteroatoms. The predicted molar refractivity (Wildman–Crippen MR) is 62.7 cm³/mol. The minimum Gasteiger partial charge on any atom is -0.506 e. The van der Waals surface area contributed by atoms with E-state index in [1.54, 1.807) is 0 Å². The van der Waals surface area contributed by atoms with Gasteiger partial charge in [0.25, 0.3) is 0 Å². The Balaban J connectivity index is 3.14. The minimum absolute atomic E-state index is 0.337. The Morgan fingerprint density at radius 3 is 2.57 bits per heavy atom. The first kappa shape index (κ1) is 11.5. The number of benzene rings is 1. The highest BCUT2D eigenvalue weighted by Crippen LogP contribution is 2.31. The summed E-state index contributed by atoms with van der Waals surface area (Å²) in [6.07, 6.45) is 0. The second-order valence-corrected chi connectivity index (χ2v) is 4.55. The summed E-state index contributed by atoms with van der Waals surface area (Å²) >= 11 is 3.36. The zero-order chi connectivity index (χ0) is 10.7. The molecule has 0 spiro atoms. The number of phenols is 1. The van der Waals surface area contributed by atoms with Gasteiger partial charge >= 0.3 is 0 Å². The van der Waals surface area contributed by atoms with Gasteiger partial charge in [-0.15, -0.1) is 0 Å². The molecule has 2 nitrogen and oxygen atoms in total. The lowest BCUT2D eigenvalue weighted by molar-refractivity contribution is 0.462. The van der Waals surface area contributed by atoms with Gasteiger partial charge in [-0.3, -0.25) is 0 Å². The van der Waals surface area contributed by atoms with E-state index in [1.807, 2.05) is 19.2 Å². The fourth-order valence-corrected chi connectivity index (χ4v) is 1.86. The molecule has 0 fully saturated rings. The zero-order valence-electron chi connectivity index (χ0n) is 8.76. The largest absolute Gasteiger partial charge is 0.506 e. The molecule has 0 radical (unpaired) electrons. The number of hydrogen-bond donors (Lipinski definition) is 2. The number of nitrogens with one attached hydrogen (secondary N) is 1. The molecule has 0 heterocycles. The molecule has 78 valence electrons. The monoisotopic (exact) mass is 257 g/mol. The molecule has 0 aromatic heterocycles. The topological polar surface area (TPSA) is 32.3 Å². The lowest BCUT2D eigenvalue weighted by Gasteiger charge is -2.11. The summed E-state index contributed by atoms with van der Waals surface area (Å²) in [5.74, 6) is 0.811. The van der Waals surface area contributed by atoms with Crippen LogP contribution in [-0.2, 0) is 6.54 Å². The Bertz CT molecular complexity index is 323. The molecular weight excluding hydrogens is 242 g/mol. The molecular formula is C11H16BrNO. The highest BCUT2D eigenvalue weighted by molar-refractivity contribution is 9.10. The first-order valence-electron chi connectivity index (χ1n) is 4.72. The van der Waals surface area contributed by atoms with Crippen molar-refractivity contribution in [3.8, 4) is 5.75 Å². The van der Waals surface area contributed by atoms with E-state index in [9.17, 15) is 5.11 Å².